The van der Waals surface area contributed by atoms with Crippen LogP contribution >= 0.6 is 0 Å². The van der Waals surface area contributed by atoms with Gasteiger partial charge in [-0.2, -0.15) is 0 Å². The van der Waals surface area contributed by atoms with Crippen LogP contribution in [0, 0.1) is 116 Å². The number of aromatic hydroxyl groups is 1. The van der Waals surface area contributed by atoms with Crippen LogP contribution in [0.25, 0.3) is 115 Å². The van der Waals surface area contributed by atoms with Crippen molar-refractivity contribution in [3.05, 3.63) is 192 Å². The van der Waals surface area contributed by atoms with Crippen LogP contribution in [0.15, 0.2) is 30.3 Å². The zero-order valence-electron chi connectivity index (χ0n) is 38.8. The van der Waals surface area contributed by atoms with E-state index in [1.165, 1.54) is 0 Å². The molecule has 408 valence electrons. The molecular weight excluding hydrogens is 1130 g/mol. The molecule has 3 aromatic heterocycles. The van der Waals surface area contributed by atoms with Gasteiger partial charge >= 0.3 is 0 Å². The highest BCUT2D eigenvalue weighted by molar-refractivity contribution is 5.98. The summed E-state index contributed by atoms with van der Waals surface area (Å²) in [5.41, 5.74) is -19.9. The molecule has 0 atom stereocenters. The average molecular weight is 1140 g/mol. The molecule has 4 aliphatic heterocycles. The molecule has 4 aromatic carbocycles. The number of benzene rings is 4. The monoisotopic (exact) mass is 1140 g/mol. The smallest absolute Gasteiger partial charge is 0.200 e. The van der Waals surface area contributed by atoms with Gasteiger partial charge in [-0.3, -0.25) is 0 Å². The van der Waals surface area contributed by atoms with Gasteiger partial charge in [-0.05, 0) is 78.9 Å². The van der Waals surface area contributed by atoms with Gasteiger partial charge in [-0.25, -0.2) is 108 Å². The molecule has 12 bridgehead atoms. The van der Waals surface area contributed by atoms with Gasteiger partial charge in [0.2, 0.25) is 23.3 Å². The van der Waals surface area contributed by atoms with Crippen LogP contribution in [0.2, 0.25) is 0 Å². The molecule has 7 aromatic rings. The van der Waals surface area contributed by atoms with Crippen molar-refractivity contribution in [1.82, 2.24) is 29.9 Å². The number of halogens is 20. The van der Waals surface area contributed by atoms with Crippen molar-refractivity contribution in [2.24, 2.45) is 0 Å². The summed E-state index contributed by atoms with van der Waals surface area (Å²) in [7, 11) is 0. The second-order valence-electron chi connectivity index (χ2n) is 17.3. The Labute approximate surface area is 435 Å². The first-order chi connectivity index (χ1) is 38.4. The number of aromatic nitrogens is 6. The molecule has 7 heterocycles. The van der Waals surface area contributed by atoms with E-state index in [-0.39, 0.29) is 11.2 Å². The van der Waals surface area contributed by atoms with Crippen LogP contribution in [0.5, 0.6) is 5.75 Å². The number of hydrogen-bond donors (Lipinski definition) is 3. The summed E-state index contributed by atoms with van der Waals surface area (Å²) in [6, 6.07) is 4.49. The summed E-state index contributed by atoms with van der Waals surface area (Å²) < 4.78 is 306. The molecule has 0 saturated heterocycles. The third-order valence-electron chi connectivity index (χ3n) is 12.7. The van der Waals surface area contributed by atoms with Gasteiger partial charge in [0.05, 0.1) is 56.4 Å². The van der Waals surface area contributed by atoms with E-state index in [1.54, 1.807) is 0 Å². The summed E-state index contributed by atoms with van der Waals surface area (Å²) in [6.07, 6.45) is 6.48. The average Bonchev–Trinajstić information content (AvgIpc) is 4.44. The van der Waals surface area contributed by atoms with Crippen molar-refractivity contribution in [2.45, 2.75) is 0 Å². The van der Waals surface area contributed by atoms with E-state index in [1.807, 2.05) is 0 Å². The molecule has 0 amide bonds. The molecule has 27 heteroatoms. The summed E-state index contributed by atoms with van der Waals surface area (Å²) in [6.45, 7) is 0. The van der Waals surface area contributed by atoms with Crippen LogP contribution in [-0.4, -0.2) is 35.0 Å². The minimum Gasteiger partial charge on any atom is -0.504 e. The highest BCUT2D eigenvalue weighted by atomic mass is 19.2. The Morgan fingerprint density at radius 1 is 0.247 bits per heavy atom. The Balaban J connectivity index is 1.35. The van der Waals surface area contributed by atoms with Crippen molar-refractivity contribution in [1.29, 1.82) is 0 Å². The SMILES string of the molecule is Oc1c2nc(c(-c3c(F)c(F)c(F)c(F)c3F)c3nc(c(-c4c(F)c(F)c(F)c(F)c4F)c4ccc(cc5nc(c(-c6c(F)c(F)c(F)c(F)c6F)c6ccc([nH]6)c(-c6c(F)c(F)c(F)c(F)c6F)c6nc1C=C6)C=C5)[nH]4)C=C3)C=C2. The van der Waals surface area contributed by atoms with Crippen molar-refractivity contribution in [3.63, 3.8) is 0 Å². The van der Waals surface area contributed by atoms with Crippen LogP contribution in [0.4, 0.5) is 87.8 Å². The fourth-order valence-corrected chi connectivity index (χ4v) is 9.01. The second kappa shape index (κ2) is 19.2. The van der Waals surface area contributed by atoms with Gasteiger partial charge in [-0.1, -0.05) is 0 Å². The minimum atomic E-state index is -2.66. The number of nitrogens with one attached hydrogen (secondary N) is 2. The lowest BCUT2D eigenvalue weighted by atomic mass is 10.00. The van der Waals surface area contributed by atoms with Gasteiger partial charge in [0.1, 0.15) is 11.4 Å². The second-order valence-corrected chi connectivity index (χ2v) is 17.3. The van der Waals surface area contributed by atoms with Gasteiger partial charge in [0.25, 0.3) is 0 Å². The zero-order valence-corrected chi connectivity index (χ0v) is 38.8. The molecule has 0 spiro atoms. The van der Waals surface area contributed by atoms with Crippen molar-refractivity contribution in [2.75, 3.05) is 0 Å². The van der Waals surface area contributed by atoms with Gasteiger partial charge < -0.3 is 15.1 Å². The van der Waals surface area contributed by atoms with E-state index in [4.69, 9.17) is 0 Å². The fraction of sp³-hybridized carbons (Fsp3) is 0. The first kappa shape index (κ1) is 53.2. The molecule has 81 heavy (non-hydrogen) atoms. The zero-order chi connectivity index (χ0) is 58.1. The highest BCUT2D eigenvalue weighted by Crippen LogP contribution is 2.44. The van der Waals surface area contributed by atoms with E-state index in [0.717, 1.165) is 72.9 Å². The van der Waals surface area contributed by atoms with Crippen LogP contribution < -0.4 is 0 Å². The highest BCUT2D eigenvalue weighted by Gasteiger charge is 2.35. The summed E-state index contributed by atoms with van der Waals surface area (Å²) >= 11 is 0. The van der Waals surface area contributed by atoms with E-state index < -0.39 is 223 Å². The number of nitrogens with zero attached hydrogens (tertiary/aromatic N) is 4. The van der Waals surface area contributed by atoms with Gasteiger partial charge in [-0.15, -0.1) is 0 Å². The van der Waals surface area contributed by atoms with Gasteiger partial charge in [0, 0.05) is 44.3 Å². The molecule has 11 rings (SSSR count). The maximum atomic E-state index is 15.9. The third-order valence-corrected chi connectivity index (χ3v) is 12.7. The molecule has 4 aliphatic rings. The van der Waals surface area contributed by atoms with Crippen LogP contribution in [0.3, 0.4) is 0 Å². The van der Waals surface area contributed by atoms with E-state index in [2.05, 4.69) is 29.9 Å². The predicted octanol–water partition coefficient (Wildman–Crippen LogP) is 15.8. The lowest BCUT2D eigenvalue weighted by molar-refractivity contribution is 0.381. The molecule has 0 fully saturated rings. The minimum absolute atomic E-state index is 0.265. The number of H-pyrrole nitrogens is 2. The van der Waals surface area contributed by atoms with Crippen LogP contribution in [0.1, 0.15) is 45.6 Å². The Morgan fingerprint density at radius 2 is 0.494 bits per heavy atom. The Kier molecular flexibility index (Phi) is 12.6. The van der Waals surface area contributed by atoms with E-state index in [0.29, 0.717) is 6.08 Å². The first-order valence-corrected chi connectivity index (χ1v) is 22.3. The van der Waals surface area contributed by atoms with Crippen LogP contribution in [-0.2, 0) is 0 Å². The lowest BCUT2D eigenvalue weighted by Gasteiger charge is -2.11. The Morgan fingerprint density at radius 3 is 0.852 bits per heavy atom. The van der Waals surface area contributed by atoms with Crippen molar-refractivity contribution < 1.29 is 92.9 Å². The van der Waals surface area contributed by atoms with Crippen molar-refractivity contribution >= 4 is 70.7 Å². The quantitative estimate of drug-likeness (QED) is 0.0925. The molecule has 3 N–H and O–H groups in total. The molecule has 0 saturated carbocycles. The molecule has 0 unspecified atom stereocenters. The predicted molar refractivity (Wildman–Crippen MR) is 250 cm³/mol. The Hall–Kier alpha value is -9.82. The van der Waals surface area contributed by atoms with E-state index >= 15 is 70.2 Å². The number of fused-ring (bicyclic) bond motifs is 12. The first-order valence-electron chi connectivity index (χ1n) is 22.3. The molecule has 7 nitrogen and oxygen atoms in total. The maximum absolute atomic E-state index is 15.9. The third kappa shape index (κ3) is 8.14. The summed E-state index contributed by atoms with van der Waals surface area (Å²) in [4.78, 5) is 21.2. The number of rotatable bonds is 4. The van der Waals surface area contributed by atoms with E-state index in [9.17, 15) is 22.7 Å². The lowest BCUT2D eigenvalue weighted by Crippen LogP contribution is -2.06. The normalized spacial score (nSPS) is 12.5. The number of hydrogen-bond acceptors (Lipinski definition) is 5. The Bertz CT molecular complexity index is 4450. The summed E-state index contributed by atoms with van der Waals surface area (Å²) in [5.74, 6) is -52.1. The molecule has 0 radical (unpaired) electrons. The van der Waals surface area contributed by atoms with Gasteiger partial charge in [0.15, 0.2) is 98.8 Å². The number of aromatic amines is 2. The molecular formula is C54H16F20N6O. The summed E-state index contributed by atoms with van der Waals surface area (Å²) in [5, 5.41) is 11.6. The van der Waals surface area contributed by atoms with Crippen molar-refractivity contribution in [3.8, 4) is 50.3 Å². The maximum Gasteiger partial charge on any atom is 0.200 e. The largest absolute Gasteiger partial charge is 0.504 e. The molecule has 0 aliphatic carbocycles. The fourth-order valence-electron chi connectivity index (χ4n) is 9.01. The standard InChI is InChI=1S/C54H16F20N6O/c55-34-30(35(56)43(64)50(71)42(34)63)26-16-3-1-14(75-16)13-15-2-4-17(76-15)27(31-36(57)44(65)51(72)45(66)37(31)58)19-6-8-21(78-19)29(33-40(61)48(69)53(74)49(70)41(33)62)23-10-12-25(80-23)54(81)24-11-9-22(79-24)28(20-7-5-18(26)77-20)32-38(59)46(67)52(73)47(68)39(32)60/h1-13,75,78,81H. The topological polar surface area (TPSA) is 103 Å².